The molecule has 1 nitrogen and oxygen atoms in total. The molecule has 1 spiro atoms. The van der Waals surface area contributed by atoms with E-state index in [4.69, 9.17) is 0 Å². The first kappa shape index (κ1) is 11.6. The molecule has 0 aromatic heterocycles. The summed E-state index contributed by atoms with van der Waals surface area (Å²) in [5, 5.41) is 0. The Labute approximate surface area is 112 Å². The smallest absolute Gasteiger partial charge is 0.0407 e. The highest BCUT2D eigenvalue weighted by atomic mass is 79.9. The highest BCUT2D eigenvalue weighted by Crippen LogP contribution is 2.46. The van der Waals surface area contributed by atoms with Crippen LogP contribution in [0.5, 0.6) is 0 Å². The largest absolute Gasteiger partial charge is 0.370 e. The third-order valence-electron chi connectivity index (χ3n) is 4.48. The summed E-state index contributed by atoms with van der Waals surface area (Å²) in [6, 6.07) is 6.62. The molecule has 0 radical (unpaired) electrons. The van der Waals surface area contributed by atoms with Crippen molar-refractivity contribution in [3.8, 4) is 0 Å². The second-order valence-electron chi connectivity index (χ2n) is 5.85. The molecule has 2 fully saturated rings. The van der Waals surface area contributed by atoms with Crippen molar-refractivity contribution < 1.29 is 0 Å². The standard InChI is InChI=1S/C15H20BrN/c1-12-5-6-13(16)9-14(12)17-10-15(11-17)7-3-2-4-8-15/h5-6,9H,2-4,7-8,10-11H2,1H3. The Morgan fingerprint density at radius 1 is 1.12 bits per heavy atom. The maximum absolute atomic E-state index is 3.58. The average molecular weight is 294 g/mol. The highest BCUT2D eigenvalue weighted by Gasteiger charge is 2.43. The number of benzene rings is 1. The number of anilines is 1. The van der Waals surface area contributed by atoms with E-state index in [9.17, 15) is 0 Å². The predicted molar refractivity (Wildman–Crippen MR) is 76.6 cm³/mol. The first-order valence-electron chi connectivity index (χ1n) is 6.70. The van der Waals surface area contributed by atoms with Gasteiger partial charge in [-0.3, -0.25) is 0 Å². The Hall–Kier alpha value is -0.500. The van der Waals surface area contributed by atoms with Crippen molar-refractivity contribution in [3.05, 3.63) is 28.2 Å². The van der Waals surface area contributed by atoms with Crippen LogP contribution in [0.3, 0.4) is 0 Å². The third-order valence-corrected chi connectivity index (χ3v) is 4.97. The van der Waals surface area contributed by atoms with Crippen LogP contribution in [0.2, 0.25) is 0 Å². The summed E-state index contributed by atoms with van der Waals surface area (Å²) in [5.74, 6) is 0. The van der Waals surface area contributed by atoms with Gasteiger partial charge in [0.05, 0.1) is 0 Å². The van der Waals surface area contributed by atoms with E-state index in [1.165, 1.54) is 60.9 Å². The summed E-state index contributed by atoms with van der Waals surface area (Å²) in [5.41, 5.74) is 3.50. The van der Waals surface area contributed by atoms with Gasteiger partial charge in [-0.25, -0.2) is 0 Å². The van der Waals surface area contributed by atoms with E-state index in [1.807, 2.05) is 0 Å². The molecule has 0 bridgehead atoms. The minimum Gasteiger partial charge on any atom is -0.370 e. The van der Waals surface area contributed by atoms with E-state index in [1.54, 1.807) is 0 Å². The Kier molecular flexibility index (Phi) is 2.94. The van der Waals surface area contributed by atoms with Gasteiger partial charge in [-0.2, -0.15) is 0 Å². The molecule has 0 atom stereocenters. The van der Waals surface area contributed by atoms with Crippen molar-refractivity contribution in [2.45, 2.75) is 39.0 Å². The van der Waals surface area contributed by atoms with Gasteiger partial charge < -0.3 is 4.90 Å². The van der Waals surface area contributed by atoms with Crippen LogP contribution in [0.25, 0.3) is 0 Å². The molecule has 1 aliphatic heterocycles. The van der Waals surface area contributed by atoms with E-state index in [0.29, 0.717) is 5.41 Å². The highest BCUT2D eigenvalue weighted by molar-refractivity contribution is 9.10. The summed E-state index contributed by atoms with van der Waals surface area (Å²) in [6.07, 6.45) is 7.27. The van der Waals surface area contributed by atoms with E-state index in [-0.39, 0.29) is 0 Å². The van der Waals surface area contributed by atoms with Crippen LogP contribution < -0.4 is 4.90 Å². The number of nitrogens with zero attached hydrogens (tertiary/aromatic N) is 1. The minimum absolute atomic E-state index is 0.674. The zero-order valence-corrected chi connectivity index (χ0v) is 12.1. The molecule has 1 saturated carbocycles. The molecule has 3 rings (SSSR count). The summed E-state index contributed by atoms with van der Waals surface area (Å²) in [7, 11) is 0. The van der Waals surface area contributed by atoms with Gasteiger partial charge in [0, 0.05) is 28.7 Å². The molecule has 2 aliphatic rings. The van der Waals surface area contributed by atoms with Gasteiger partial charge in [0.25, 0.3) is 0 Å². The zero-order valence-electron chi connectivity index (χ0n) is 10.5. The fourth-order valence-corrected chi connectivity index (χ4v) is 3.82. The fourth-order valence-electron chi connectivity index (χ4n) is 3.48. The number of hydrogen-bond donors (Lipinski definition) is 0. The number of aryl methyl sites for hydroxylation is 1. The van der Waals surface area contributed by atoms with Crippen LogP contribution in [-0.4, -0.2) is 13.1 Å². The van der Waals surface area contributed by atoms with Crippen molar-refractivity contribution in [2.24, 2.45) is 5.41 Å². The van der Waals surface area contributed by atoms with Crippen molar-refractivity contribution in [1.29, 1.82) is 0 Å². The molecule has 17 heavy (non-hydrogen) atoms. The topological polar surface area (TPSA) is 3.24 Å². The van der Waals surface area contributed by atoms with Crippen LogP contribution >= 0.6 is 15.9 Å². The molecular formula is C15H20BrN. The summed E-state index contributed by atoms with van der Waals surface area (Å²) in [6.45, 7) is 4.78. The second-order valence-corrected chi connectivity index (χ2v) is 6.76. The second kappa shape index (κ2) is 4.31. The molecule has 0 amide bonds. The molecule has 0 unspecified atom stereocenters. The molecule has 1 aromatic rings. The van der Waals surface area contributed by atoms with Crippen LogP contribution in [0.15, 0.2) is 22.7 Å². The Bertz CT molecular complexity index is 413. The first-order chi connectivity index (χ1) is 8.19. The van der Waals surface area contributed by atoms with Crippen LogP contribution in [-0.2, 0) is 0 Å². The van der Waals surface area contributed by atoms with Gasteiger partial charge in [-0.05, 0) is 37.5 Å². The van der Waals surface area contributed by atoms with Gasteiger partial charge in [0.2, 0.25) is 0 Å². The van der Waals surface area contributed by atoms with Crippen molar-refractivity contribution in [3.63, 3.8) is 0 Å². The Balaban J connectivity index is 1.74. The lowest BCUT2D eigenvalue weighted by molar-refractivity contribution is 0.139. The predicted octanol–water partition coefficient (Wildman–Crippen LogP) is 4.53. The van der Waals surface area contributed by atoms with Gasteiger partial charge in [0.1, 0.15) is 0 Å². The van der Waals surface area contributed by atoms with Crippen molar-refractivity contribution >= 4 is 21.6 Å². The lowest BCUT2D eigenvalue weighted by atomic mass is 9.68. The van der Waals surface area contributed by atoms with Gasteiger partial charge in [-0.1, -0.05) is 41.3 Å². The molecule has 1 saturated heterocycles. The maximum Gasteiger partial charge on any atom is 0.0407 e. The Morgan fingerprint density at radius 2 is 1.82 bits per heavy atom. The lowest BCUT2D eigenvalue weighted by Gasteiger charge is -2.54. The lowest BCUT2D eigenvalue weighted by Crippen LogP contribution is -2.57. The van der Waals surface area contributed by atoms with Crippen molar-refractivity contribution in [1.82, 2.24) is 0 Å². The molecule has 1 heterocycles. The SMILES string of the molecule is Cc1ccc(Br)cc1N1CC2(CCCCC2)C1. The molecule has 1 aliphatic carbocycles. The molecule has 2 heteroatoms. The van der Waals surface area contributed by atoms with Gasteiger partial charge in [0.15, 0.2) is 0 Å². The number of hydrogen-bond acceptors (Lipinski definition) is 1. The van der Waals surface area contributed by atoms with E-state index in [2.05, 4.69) is 46.0 Å². The van der Waals surface area contributed by atoms with Crippen LogP contribution in [0.4, 0.5) is 5.69 Å². The molecule has 92 valence electrons. The number of rotatable bonds is 1. The van der Waals surface area contributed by atoms with E-state index >= 15 is 0 Å². The average Bonchev–Trinajstić information content (AvgIpc) is 2.30. The van der Waals surface area contributed by atoms with Gasteiger partial charge in [-0.15, -0.1) is 0 Å². The monoisotopic (exact) mass is 293 g/mol. The molecule has 0 N–H and O–H groups in total. The third kappa shape index (κ3) is 2.12. The van der Waals surface area contributed by atoms with Crippen LogP contribution in [0.1, 0.15) is 37.7 Å². The Morgan fingerprint density at radius 3 is 2.53 bits per heavy atom. The summed E-state index contributed by atoms with van der Waals surface area (Å²) < 4.78 is 1.20. The van der Waals surface area contributed by atoms with Gasteiger partial charge >= 0.3 is 0 Å². The molecular weight excluding hydrogens is 274 g/mol. The number of halogens is 1. The zero-order chi connectivity index (χ0) is 11.9. The van der Waals surface area contributed by atoms with Crippen LogP contribution in [0, 0.1) is 12.3 Å². The van der Waals surface area contributed by atoms with Crippen molar-refractivity contribution in [2.75, 3.05) is 18.0 Å². The maximum atomic E-state index is 3.58. The van der Waals surface area contributed by atoms with E-state index in [0.717, 1.165) is 0 Å². The fraction of sp³-hybridized carbons (Fsp3) is 0.600. The van der Waals surface area contributed by atoms with E-state index < -0.39 is 0 Å². The molecule has 1 aromatic carbocycles. The minimum atomic E-state index is 0.674. The quantitative estimate of drug-likeness (QED) is 0.735. The normalized spacial score (nSPS) is 22.6. The first-order valence-corrected chi connectivity index (χ1v) is 7.49. The summed E-state index contributed by atoms with van der Waals surface area (Å²) in [4.78, 5) is 2.56. The summed E-state index contributed by atoms with van der Waals surface area (Å²) >= 11 is 3.58.